The summed E-state index contributed by atoms with van der Waals surface area (Å²) < 4.78 is 0. The average Bonchev–Trinajstić information content (AvgIpc) is 2.96. The zero-order valence-electron chi connectivity index (χ0n) is 10.3. The summed E-state index contributed by atoms with van der Waals surface area (Å²) in [4.78, 5) is 23.3. The third-order valence-electron chi connectivity index (χ3n) is 3.14. The maximum Gasteiger partial charge on any atom is 0.200 e. The Labute approximate surface area is 109 Å². The van der Waals surface area contributed by atoms with Crippen molar-refractivity contribution in [2.45, 2.75) is 43.3 Å². The molecule has 0 aromatic carbocycles. The molecule has 0 radical (unpaired) electrons. The summed E-state index contributed by atoms with van der Waals surface area (Å²) in [5.41, 5.74) is 0. The van der Waals surface area contributed by atoms with Crippen molar-refractivity contribution >= 4 is 11.6 Å². The highest BCUT2D eigenvalue weighted by molar-refractivity contribution is 6.09. The number of hydrogen-bond acceptors (Lipinski definition) is 8. The van der Waals surface area contributed by atoms with Gasteiger partial charge in [0.25, 0.3) is 0 Å². The van der Waals surface area contributed by atoms with Crippen molar-refractivity contribution < 1.29 is 35.1 Å². The minimum absolute atomic E-state index is 0.487. The Morgan fingerprint density at radius 2 is 1.84 bits per heavy atom. The number of nitrogens with one attached hydrogen (secondary N) is 1. The van der Waals surface area contributed by atoms with Crippen LogP contribution in [0.4, 0.5) is 0 Å². The van der Waals surface area contributed by atoms with E-state index < -0.39 is 48.6 Å². The Morgan fingerprint density at radius 1 is 1.21 bits per heavy atom. The van der Waals surface area contributed by atoms with Crippen molar-refractivity contribution in [3.63, 3.8) is 0 Å². The second kappa shape index (κ2) is 7.04. The van der Waals surface area contributed by atoms with Crippen LogP contribution in [0.15, 0.2) is 0 Å². The van der Waals surface area contributed by atoms with Gasteiger partial charge in [-0.05, 0) is 19.4 Å². The van der Waals surface area contributed by atoms with Gasteiger partial charge >= 0.3 is 0 Å². The van der Waals surface area contributed by atoms with E-state index >= 15 is 0 Å². The van der Waals surface area contributed by atoms with Crippen LogP contribution in [0, 0.1) is 0 Å². The van der Waals surface area contributed by atoms with E-state index in [-0.39, 0.29) is 0 Å². The Balaban J connectivity index is 2.62. The van der Waals surface area contributed by atoms with Gasteiger partial charge in [0.1, 0.15) is 18.3 Å². The van der Waals surface area contributed by atoms with E-state index in [1.165, 1.54) is 0 Å². The molecule has 1 heterocycles. The number of carbonyl (C=O) groups is 2. The van der Waals surface area contributed by atoms with Gasteiger partial charge in [-0.15, -0.1) is 0 Å². The van der Waals surface area contributed by atoms with Gasteiger partial charge in [0, 0.05) is 0 Å². The van der Waals surface area contributed by atoms with Crippen molar-refractivity contribution in [1.82, 2.24) is 5.32 Å². The first-order chi connectivity index (χ1) is 8.90. The van der Waals surface area contributed by atoms with Crippen LogP contribution >= 0.6 is 0 Å². The van der Waals surface area contributed by atoms with Crippen LogP contribution in [0.25, 0.3) is 0 Å². The van der Waals surface area contributed by atoms with Crippen molar-refractivity contribution in [2.24, 2.45) is 0 Å². The number of aliphatic hydroxyl groups excluding tert-OH is 5. The SMILES string of the molecule is O=C(C(O)C(=O)[C@@H](O)[C@H](O)[C@H](O)CO)[C@@H]1CCCN1. The fourth-order valence-corrected chi connectivity index (χ4v) is 1.91. The molecule has 1 aliphatic rings. The Kier molecular flexibility index (Phi) is 5.98. The molecule has 1 fully saturated rings. The molecule has 0 aromatic rings. The second-order valence-electron chi connectivity index (χ2n) is 4.54. The summed E-state index contributed by atoms with van der Waals surface area (Å²) in [6, 6.07) is -0.647. The second-order valence-corrected chi connectivity index (χ2v) is 4.54. The van der Waals surface area contributed by atoms with E-state index in [9.17, 15) is 24.9 Å². The van der Waals surface area contributed by atoms with Gasteiger partial charge in [-0.2, -0.15) is 0 Å². The molecule has 0 saturated carbocycles. The lowest BCUT2D eigenvalue weighted by atomic mass is 9.96. The van der Waals surface area contributed by atoms with E-state index in [4.69, 9.17) is 10.2 Å². The average molecular weight is 277 g/mol. The summed E-state index contributed by atoms with van der Waals surface area (Å²) in [5.74, 6) is -2.06. The van der Waals surface area contributed by atoms with Crippen LogP contribution in [0.3, 0.4) is 0 Å². The standard InChI is InChI=1S/C11H19NO7/c13-4-6(14)8(16)10(18)11(19)9(17)7(15)5-2-1-3-12-5/h5-6,8-10,12-14,16-18H,1-4H2/t5-,6+,8+,9?,10-/m0/s1. The topological polar surface area (TPSA) is 147 Å². The number of hydrogen-bond donors (Lipinski definition) is 6. The van der Waals surface area contributed by atoms with Crippen molar-refractivity contribution in [3.8, 4) is 0 Å². The predicted molar refractivity (Wildman–Crippen MR) is 62.2 cm³/mol. The molecule has 8 heteroatoms. The number of rotatable bonds is 7. The van der Waals surface area contributed by atoms with Gasteiger partial charge in [-0.1, -0.05) is 0 Å². The van der Waals surface area contributed by atoms with Crippen LogP contribution in [0.5, 0.6) is 0 Å². The molecule has 1 saturated heterocycles. The maximum absolute atomic E-state index is 11.7. The lowest BCUT2D eigenvalue weighted by Gasteiger charge is -2.23. The van der Waals surface area contributed by atoms with Crippen molar-refractivity contribution in [1.29, 1.82) is 0 Å². The fraction of sp³-hybridized carbons (Fsp3) is 0.818. The first-order valence-corrected chi connectivity index (χ1v) is 6.04. The van der Waals surface area contributed by atoms with Crippen molar-refractivity contribution in [3.05, 3.63) is 0 Å². The first-order valence-electron chi connectivity index (χ1n) is 6.04. The molecule has 1 rings (SSSR count). The zero-order chi connectivity index (χ0) is 14.6. The minimum atomic E-state index is -2.14. The summed E-state index contributed by atoms with van der Waals surface area (Å²) in [7, 11) is 0. The van der Waals surface area contributed by atoms with Crippen LogP contribution in [-0.4, -0.2) is 80.7 Å². The van der Waals surface area contributed by atoms with Crippen LogP contribution in [0.1, 0.15) is 12.8 Å². The highest BCUT2D eigenvalue weighted by atomic mass is 16.4. The smallest absolute Gasteiger partial charge is 0.200 e. The molecule has 0 aliphatic carbocycles. The van der Waals surface area contributed by atoms with Gasteiger partial charge in [0.15, 0.2) is 17.7 Å². The zero-order valence-corrected chi connectivity index (χ0v) is 10.3. The third kappa shape index (κ3) is 3.78. The molecule has 1 aliphatic heterocycles. The quantitative estimate of drug-likeness (QED) is 0.261. The highest BCUT2D eigenvalue weighted by Crippen LogP contribution is 2.11. The molecule has 1 unspecified atom stereocenters. The van der Waals surface area contributed by atoms with Gasteiger partial charge in [-0.3, -0.25) is 9.59 Å². The van der Waals surface area contributed by atoms with Crippen molar-refractivity contribution in [2.75, 3.05) is 13.2 Å². The van der Waals surface area contributed by atoms with Gasteiger partial charge in [0.2, 0.25) is 0 Å². The Hall–Kier alpha value is -0.900. The van der Waals surface area contributed by atoms with Gasteiger partial charge < -0.3 is 30.8 Å². The fourth-order valence-electron chi connectivity index (χ4n) is 1.91. The molecule has 0 amide bonds. The third-order valence-corrected chi connectivity index (χ3v) is 3.14. The Morgan fingerprint density at radius 3 is 2.32 bits per heavy atom. The number of ketones is 2. The summed E-state index contributed by atoms with van der Waals surface area (Å²) in [6.45, 7) is -0.258. The molecular weight excluding hydrogens is 258 g/mol. The Bertz CT molecular complexity index is 329. The molecule has 5 atom stereocenters. The molecular formula is C11H19NO7. The summed E-state index contributed by atoms with van der Waals surface area (Å²) >= 11 is 0. The van der Waals surface area contributed by atoms with Crippen LogP contribution in [-0.2, 0) is 9.59 Å². The first kappa shape index (κ1) is 16.2. The van der Waals surface area contributed by atoms with E-state index in [0.717, 1.165) is 6.42 Å². The lowest BCUT2D eigenvalue weighted by Crippen LogP contribution is -2.51. The molecule has 0 bridgehead atoms. The number of aliphatic hydroxyl groups is 5. The highest BCUT2D eigenvalue weighted by Gasteiger charge is 2.39. The predicted octanol–water partition coefficient (Wildman–Crippen LogP) is -3.69. The lowest BCUT2D eigenvalue weighted by molar-refractivity contribution is -0.153. The summed E-state index contributed by atoms with van der Waals surface area (Å²) in [6.07, 6.45) is -6.66. The van der Waals surface area contributed by atoms with Gasteiger partial charge in [-0.25, -0.2) is 0 Å². The summed E-state index contributed by atoms with van der Waals surface area (Å²) in [5, 5.41) is 48.8. The molecule has 19 heavy (non-hydrogen) atoms. The van der Waals surface area contributed by atoms with E-state index in [2.05, 4.69) is 5.32 Å². The molecule has 110 valence electrons. The van der Waals surface area contributed by atoms with Crippen LogP contribution in [0.2, 0.25) is 0 Å². The maximum atomic E-state index is 11.7. The van der Waals surface area contributed by atoms with E-state index in [1.54, 1.807) is 0 Å². The molecule has 6 N–H and O–H groups in total. The number of Topliss-reactive ketones (excluding diaryl/α,β-unsaturated/α-hetero) is 2. The molecule has 0 spiro atoms. The normalized spacial score (nSPS) is 25.6. The van der Waals surface area contributed by atoms with Gasteiger partial charge in [0.05, 0.1) is 12.6 Å². The van der Waals surface area contributed by atoms with E-state index in [0.29, 0.717) is 13.0 Å². The molecule has 0 aromatic heterocycles. The monoisotopic (exact) mass is 277 g/mol. The minimum Gasteiger partial charge on any atom is -0.394 e. The van der Waals surface area contributed by atoms with Crippen LogP contribution < -0.4 is 5.32 Å². The molecule has 8 nitrogen and oxygen atoms in total. The van der Waals surface area contributed by atoms with E-state index in [1.807, 2.05) is 0 Å². The largest absolute Gasteiger partial charge is 0.394 e. The number of carbonyl (C=O) groups excluding carboxylic acids is 2.